The molecular weight excluding hydrogens is 244 g/mol. The Balaban J connectivity index is 1.74. The minimum absolute atomic E-state index is 0.0514. The summed E-state index contributed by atoms with van der Waals surface area (Å²) in [4.78, 5) is 25.2. The normalized spacial score (nSPS) is 23.5. The second-order valence-electron chi connectivity index (χ2n) is 5.74. The third kappa shape index (κ3) is 3.91. The molecule has 0 aromatic heterocycles. The van der Waals surface area contributed by atoms with Gasteiger partial charge >= 0.3 is 0 Å². The maximum absolute atomic E-state index is 12.2. The summed E-state index contributed by atoms with van der Waals surface area (Å²) in [5.74, 6) is 6.10. The molecule has 0 bridgehead atoms. The number of amides is 2. The first-order valence-corrected chi connectivity index (χ1v) is 7.13. The van der Waals surface area contributed by atoms with E-state index in [9.17, 15) is 9.59 Å². The van der Waals surface area contributed by atoms with Crippen molar-refractivity contribution in [1.29, 1.82) is 0 Å². The molecule has 0 aromatic carbocycles. The highest BCUT2D eigenvalue weighted by Gasteiger charge is 2.28. The van der Waals surface area contributed by atoms with Crippen molar-refractivity contribution >= 4 is 11.8 Å². The molecule has 0 aromatic rings. The van der Waals surface area contributed by atoms with E-state index in [-0.39, 0.29) is 17.7 Å². The number of piperidine rings is 2. The molecule has 0 unspecified atom stereocenters. The fourth-order valence-electron chi connectivity index (χ4n) is 2.95. The second kappa shape index (κ2) is 6.34. The van der Waals surface area contributed by atoms with Crippen molar-refractivity contribution in [2.45, 2.75) is 32.1 Å². The number of carbonyl (C=O) groups is 2. The van der Waals surface area contributed by atoms with Crippen LogP contribution in [-0.2, 0) is 9.59 Å². The summed E-state index contributed by atoms with van der Waals surface area (Å²) in [6.45, 7) is 3.09. The molecule has 6 nitrogen and oxygen atoms in total. The molecule has 0 radical (unpaired) electrons. The van der Waals surface area contributed by atoms with Gasteiger partial charge in [-0.3, -0.25) is 15.4 Å². The Bertz CT molecular complexity index is 332. The molecule has 0 atom stereocenters. The second-order valence-corrected chi connectivity index (χ2v) is 5.74. The van der Waals surface area contributed by atoms with Gasteiger partial charge in [-0.1, -0.05) is 0 Å². The summed E-state index contributed by atoms with van der Waals surface area (Å²) in [5.41, 5.74) is 5.29. The van der Waals surface area contributed by atoms with Gasteiger partial charge in [-0.15, -0.1) is 0 Å². The predicted molar refractivity (Wildman–Crippen MR) is 71.6 cm³/mol. The molecule has 2 aliphatic heterocycles. The van der Waals surface area contributed by atoms with Gasteiger partial charge in [0.15, 0.2) is 0 Å². The van der Waals surface area contributed by atoms with Gasteiger partial charge in [-0.2, -0.15) is 0 Å². The average Bonchev–Trinajstić information content (AvgIpc) is 2.41. The van der Waals surface area contributed by atoms with Crippen molar-refractivity contribution in [3.8, 4) is 0 Å². The molecule has 2 saturated heterocycles. The Kier molecular flexibility index (Phi) is 4.76. The number of rotatable bonds is 3. The SMILES string of the molecule is NC(=O)C1CCN(C(=O)CC2CCN(N)CC2)CC1. The van der Waals surface area contributed by atoms with Crippen LogP contribution in [0.4, 0.5) is 0 Å². The summed E-state index contributed by atoms with van der Waals surface area (Å²) < 4.78 is 0. The van der Waals surface area contributed by atoms with E-state index < -0.39 is 0 Å². The largest absolute Gasteiger partial charge is 0.369 e. The lowest BCUT2D eigenvalue weighted by atomic mass is 9.92. The van der Waals surface area contributed by atoms with Crippen LogP contribution in [0.25, 0.3) is 0 Å². The smallest absolute Gasteiger partial charge is 0.222 e. The highest BCUT2D eigenvalue weighted by atomic mass is 16.2. The van der Waals surface area contributed by atoms with Crippen LogP contribution in [0.1, 0.15) is 32.1 Å². The number of nitrogens with two attached hydrogens (primary N) is 2. The van der Waals surface area contributed by atoms with Crippen LogP contribution < -0.4 is 11.6 Å². The zero-order valence-corrected chi connectivity index (χ0v) is 11.4. The molecule has 2 amide bonds. The molecule has 19 heavy (non-hydrogen) atoms. The van der Waals surface area contributed by atoms with E-state index in [1.807, 2.05) is 9.91 Å². The lowest BCUT2D eigenvalue weighted by molar-refractivity contribution is -0.136. The van der Waals surface area contributed by atoms with Gasteiger partial charge in [0, 0.05) is 38.5 Å². The van der Waals surface area contributed by atoms with Crippen molar-refractivity contribution in [2.75, 3.05) is 26.2 Å². The predicted octanol–water partition coefficient (Wildman–Crippen LogP) is -0.314. The van der Waals surface area contributed by atoms with Crippen LogP contribution in [-0.4, -0.2) is 47.9 Å². The summed E-state index contributed by atoms with van der Waals surface area (Å²) >= 11 is 0. The van der Waals surface area contributed by atoms with Crippen molar-refractivity contribution in [1.82, 2.24) is 9.91 Å². The Morgan fingerprint density at radius 1 is 1.00 bits per heavy atom. The van der Waals surface area contributed by atoms with E-state index in [0.29, 0.717) is 38.3 Å². The maximum atomic E-state index is 12.2. The molecule has 4 N–H and O–H groups in total. The first kappa shape index (κ1) is 14.3. The van der Waals surface area contributed by atoms with Gasteiger partial charge in [0.1, 0.15) is 0 Å². The van der Waals surface area contributed by atoms with Gasteiger partial charge in [-0.05, 0) is 31.6 Å². The molecule has 0 spiro atoms. The van der Waals surface area contributed by atoms with E-state index in [4.69, 9.17) is 11.6 Å². The number of carbonyl (C=O) groups excluding carboxylic acids is 2. The summed E-state index contributed by atoms with van der Waals surface area (Å²) in [5, 5.41) is 1.82. The first-order chi connectivity index (χ1) is 9.06. The van der Waals surface area contributed by atoms with Gasteiger partial charge in [0.25, 0.3) is 0 Å². The molecule has 2 heterocycles. The molecule has 108 valence electrons. The maximum Gasteiger partial charge on any atom is 0.222 e. The average molecular weight is 268 g/mol. The number of primary amides is 1. The zero-order valence-electron chi connectivity index (χ0n) is 11.4. The van der Waals surface area contributed by atoms with Gasteiger partial charge in [0.2, 0.25) is 11.8 Å². The Morgan fingerprint density at radius 2 is 1.58 bits per heavy atom. The van der Waals surface area contributed by atoms with E-state index in [0.717, 1.165) is 25.9 Å². The molecule has 2 fully saturated rings. The van der Waals surface area contributed by atoms with E-state index >= 15 is 0 Å². The Hall–Kier alpha value is -1.14. The number of likely N-dealkylation sites (tertiary alicyclic amines) is 1. The highest BCUT2D eigenvalue weighted by molar-refractivity contribution is 5.79. The van der Waals surface area contributed by atoms with Crippen LogP contribution in [0.5, 0.6) is 0 Å². The lowest BCUT2D eigenvalue weighted by Gasteiger charge is -2.33. The minimum atomic E-state index is -0.234. The molecular formula is C13H24N4O2. The van der Waals surface area contributed by atoms with Gasteiger partial charge in [0.05, 0.1) is 0 Å². The molecule has 2 rings (SSSR count). The van der Waals surface area contributed by atoms with E-state index in [2.05, 4.69) is 0 Å². The number of hydrogen-bond acceptors (Lipinski definition) is 4. The lowest BCUT2D eigenvalue weighted by Crippen LogP contribution is -2.43. The van der Waals surface area contributed by atoms with Crippen molar-refractivity contribution in [3.63, 3.8) is 0 Å². The minimum Gasteiger partial charge on any atom is -0.369 e. The van der Waals surface area contributed by atoms with Crippen molar-refractivity contribution < 1.29 is 9.59 Å². The summed E-state index contributed by atoms with van der Waals surface area (Å²) in [7, 11) is 0. The number of hydrogen-bond donors (Lipinski definition) is 2. The third-order valence-corrected chi connectivity index (χ3v) is 4.36. The van der Waals surface area contributed by atoms with E-state index in [1.54, 1.807) is 0 Å². The summed E-state index contributed by atoms with van der Waals surface area (Å²) in [6, 6.07) is 0. The summed E-state index contributed by atoms with van der Waals surface area (Å²) in [6.07, 6.45) is 4.04. The van der Waals surface area contributed by atoms with Crippen molar-refractivity contribution in [3.05, 3.63) is 0 Å². The topological polar surface area (TPSA) is 92.7 Å². The standard InChI is InChI=1S/C13H24N4O2/c14-13(19)11-3-5-16(6-4-11)12(18)9-10-1-7-17(15)8-2-10/h10-11H,1-9,15H2,(H2,14,19). The monoisotopic (exact) mass is 268 g/mol. The third-order valence-electron chi connectivity index (χ3n) is 4.36. The Morgan fingerprint density at radius 3 is 2.11 bits per heavy atom. The van der Waals surface area contributed by atoms with Crippen LogP contribution in [0.3, 0.4) is 0 Å². The van der Waals surface area contributed by atoms with Crippen molar-refractivity contribution in [2.24, 2.45) is 23.4 Å². The van der Waals surface area contributed by atoms with E-state index in [1.165, 1.54) is 0 Å². The molecule has 0 saturated carbocycles. The number of nitrogens with zero attached hydrogens (tertiary/aromatic N) is 2. The Labute approximate surface area is 114 Å². The highest BCUT2D eigenvalue weighted by Crippen LogP contribution is 2.22. The fourth-order valence-corrected chi connectivity index (χ4v) is 2.95. The van der Waals surface area contributed by atoms with Crippen LogP contribution in [0.15, 0.2) is 0 Å². The van der Waals surface area contributed by atoms with Crippen LogP contribution >= 0.6 is 0 Å². The van der Waals surface area contributed by atoms with Gasteiger partial charge in [-0.25, -0.2) is 5.01 Å². The molecule has 0 aliphatic carbocycles. The van der Waals surface area contributed by atoms with Gasteiger partial charge < -0.3 is 10.6 Å². The zero-order chi connectivity index (χ0) is 13.8. The number of hydrazine groups is 1. The quantitative estimate of drug-likeness (QED) is 0.686. The van der Waals surface area contributed by atoms with Crippen LogP contribution in [0, 0.1) is 11.8 Å². The van der Waals surface area contributed by atoms with Crippen LogP contribution in [0.2, 0.25) is 0 Å². The molecule has 2 aliphatic rings. The fraction of sp³-hybridized carbons (Fsp3) is 0.846. The first-order valence-electron chi connectivity index (χ1n) is 7.13. The molecule has 6 heteroatoms.